The van der Waals surface area contributed by atoms with Crippen LogP contribution >= 0.6 is 34.2 Å². The maximum absolute atomic E-state index is 13.9. The predicted octanol–water partition coefficient (Wildman–Crippen LogP) is 9.15. The number of fused-ring (bicyclic) bond motifs is 1. The molecule has 0 spiro atoms. The molecule has 0 aliphatic carbocycles. The molecular weight excluding hydrogens is 581 g/mol. The lowest BCUT2D eigenvalue weighted by atomic mass is 10.1. The molecule has 0 radical (unpaired) electrons. The van der Waals surface area contributed by atoms with Crippen molar-refractivity contribution in [1.82, 2.24) is 4.98 Å². The summed E-state index contributed by atoms with van der Waals surface area (Å²) in [6.07, 6.45) is 0. The van der Waals surface area contributed by atoms with Crippen LogP contribution in [0.15, 0.2) is 97.1 Å². The fraction of sp³-hybridized carbons (Fsp3) is 0.0667. The van der Waals surface area contributed by atoms with Gasteiger partial charge in [0.15, 0.2) is 0 Å². The Morgan fingerprint density at radius 1 is 0.806 bits per heavy atom. The molecule has 0 unspecified atom stereocenters. The Kier molecular flexibility index (Phi) is 6.94. The highest BCUT2D eigenvalue weighted by Gasteiger charge is 2.24. The third-order valence-electron chi connectivity index (χ3n) is 5.96. The van der Waals surface area contributed by atoms with E-state index in [4.69, 9.17) is 16.6 Å². The summed E-state index contributed by atoms with van der Waals surface area (Å²) < 4.78 is 1.01. The summed E-state index contributed by atoms with van der Waals surface area (Å²) in [5, 5.41) is 5.62. The van der Waals surface area contributed by atoms with E-state index in [-0.39, 0.29) is 6.03 Å². The molecule has 0 fully saturated rings. The molecule has 0 bridgehead atoms. The van der Waals surface area contributed by atoms with Crippen molar-refractivity contribution in [1.29, 1.82) is 0 Å². The highest BCUT2D eigenvalue weighted by Crippen LogP contribution is 2.38. The first-order chi connectivity index (χ1) is 17.4. The van der Waals surface area contributed by atoms with Gasteiger partial charge in [0, 0.05) is 30.6 Å². The smallest absolute Gasteiger partial charge is 0.307 e. The summed E-state index contributed by atoms with van der Waals surface area (Å²) in [5.74, 6) is 0.560. The number of anilines is 3. The monoisotopic (exact) mass is 603 g/mol. The van der Waals surface area contributed by atoms with Crippen LogP contribution in [-0.2, 0) is 0 Å². The molecule has 0 aliphatic rings. The van der Waals surface area contributed by atoms with Gasteiger partial charge >= 0.3 is 6.03 Å². The number of pyridine rings is 1. The van der Waals surface area contributed by atoms with Crippen LogP contribution in [0, 0.1) is 17.4 Å². The van der Waals surface area contributed by atoms with E-state index in [1.807, 2.05) is 105 Å². The molecule has 178 valence electrons. The number of nitrogens with one attached hydrogen (secondary N) is 1. The number of benzene rings is 4. The molecule has 1 aromatic heterocycles. The van der Waals surface area contributed by atoms with Crippen molar-refractivity contribution in [2.75, 3.05) is 10.2 Å². The van der Waals surface area contributed by atoms with Crippen molar-refractivity contribution >= 4 is 68.2 Å². The third-order valence-corrected chi connectivity index (χ3v) is 7.30. The van der Waals surface area contributed by atoms with Crippen molar-refractivity contribution in [2.45, 2.75) is 13.8 Å². The minimum absolute atomic E-state index is 0.288. The second-order valence-corrected chi connectivity index (χ2v) is 10.1. The van der Waals surface area contributed by atoms with Crippen molar-refractivity contribution in [3.8, 4) is 11.3 Å². The molecule has 0 saturated carbocycles. The van der Waals surface area contributed by atoms with Crippen LogP contribution in [0.2, 0.25) is 5.02 Å². The maximum Gasteiger partial charge on any atom is 0.332 e. The van der Waals surface area contributed by atoms with Crippen LogP contribution in [0.1, 0.15) is 11.1 Å². The number of urea groups is 1. The Morgan fingerprint density at radius 2 is 1.39 bits per heavy atom. The average molecular weight is 604 g/mol. The van der Waals surface area contributed by atoms with Gasteiger partial charge in [0.2, 0.25) is 0 Å². The molecule has 2 amide bonds. The van der Waals surface area contributed by atoms with E-state index in [1.165, 1.54) is 0 Å². The second kappa shape index (κ2) is 10.3. The number of carbonyl (C=O) groups is 1. The van der Waals surface area contributed by atoms with Crippen LogP contribution in [0.5, 0.6) is 0 Å². The number of rotatable bonds is 4. The van der Waals surface area contributed by atoms with Crippen LogP contribution in [0.4, 0.5) is 22.0 Å². The van der Waals surface area contributed by atoms with Gasteiger partial charge in [-0.1, -0.05) is 83.4 Å². The Hall–Kier alpha value is -3.42. The first-order valence-electron chi connectivity index (χ1n) is 11.5. The van der Waals surface area contributed by atoms with Crippen molar-refractivity contribution in [3.05, 3.63) is 117 Å². The van der Waals surface area contributed by atoms with Gasteiger partial charge in [-0.05, 0) is 72.8 Å². The molecule has 1 N–H and O–H groups in total. The summed E-state index contributed by atoms with van der Waals surface area (Å²) in [5.41, 5.74) is 5.41. The zero-order valence-corrected chi connectivity index (χ0v) is 22.7. The van der Waals surface area contributed by atoms with Crippen molar-refractivity contribution in [3.63, 3.8) is 0 Å². The largest absolute Gasteiger partial charge is 0.332 e. The fourth-order valence-corrected chi connectivity index (χ4v) is 5.06. The van der Waals surface area contributed by atoms with Crippen LogP contribution in [0.3, 0.4) is 0 Å². The van der Waals surface area contributed by atoms with Crippen LogP contribution < -0.4 is 10.2 Å². The minimum atomic E-state index is -0.288. The first kappa shape index (κ1) is 24.3. The first-order valence-corrected chi connectivity index (χ1v) is 12.9. The maximum atomic E-state index is 13.9. The summed E-state index contributed by atoms with van der Waals surface area (Å²) >= 11 is 8.49. The highest BCUT2D eigenvalue weighted by molar-refractivity contribution is 14.1. The van der Waals surface area contributed by atoms with Crippen LogP contribution in [0.25, 0.3) is 22.0 Å². The van der Waals surface area contributed by atoms with E-state index in [0.717, 1.165) is 48.1 Å². The average Bonchev–Trinajstić information content (AvgIpc) is 2.89. The van der Waals surface area contributed by atoms with Gasteiger partial charge in [0.1, 0.15) is 5.82 Å². The third kappa shape index (κ3) is 4.94. The molecule has 4 nitrogen and oxygen atoms in total. The molecule has 1 heterocycles. The number of aryl methyl sites for hydroxylation is 2. The van der Waals surface area contributed by atoms with E-state index >= 15 is 0 Å². The molecular formula is C30H23ClIN3O. The number of aromatic nitrogens is 1. The number of halogens is 2. The number of amides is 2. The SMILES string of the molecule is Cc1ccc(NC(=O)N(c2ccc(C)cc2)c2nc(-c3ccc(Cl)cc3)c(I)c3ccccc23)cc1. The van der Waals surface area contributed by atoms with Crippen molar-refractivity contribution < 1.29 is 4.79 Å². The van der Waals surface area contributed by atoms with Crippen molar-refractivity contribution in [2.24, 2.45) is 0 Å². The molecule has 0 aliphatic heterocycles. The van der Waals surface area contributed by atoms with E-state index in [1.54, 1.807) is 4.90 Å². The standard InChI is InChI=1S/C30H23ClIN3O/c1-19-7-15-23(16-8-19)33-30(36)35(24-17-9-20(2)10-18-24)29-26-6-4-3-5-25(26)27(32)28(34-29)21-11-13-22(31)14-12-21/h3-18H,1-2H3,(H,33,36). The molecule has 4 aromatic carbocycles. The van der Waals surface area contributed by atoms with Gasteiger partial charge in [-0.2, -0.15) is 0 Å². The van der Waals surface area contributed by atoms with E-state index in [9.17, 15) is 4.79 Å². The second-order valence-electron chi connectivity index (χ2n) is 8.62. The Labute approximate surface area is 229 Å². The normalized spacial score (nSPS) is 10.9. The Morgan fingerprint density at radius 3 is 2.03 bits per heavy atom. The van der Waals surface area contributed by atoms with Gasteiger partial charge in [-0.15, -0.1) is 0 Å². The highest BCUT2D eigenvalue weighted by atomic mass is 127. The van der Waals surface area contributed by atoms with E-state index in [2.05, 4.69) is 34.0 Å². The molecule has 0 atom stereocenters. The van der Waals surface area contributed by atoms with E-state index < -0.39 is 0 Å². The number of carbonyl (C=O) groups excluding carboxylic acids is 1. The zero-order chi connectivity index (χ0) is 25.2. The van der Waals surface area contributed by atoms with Gasteiger partial charge in [0.05, 0.1) is 11.4 Å². The molecule has 36 heavy (non-hydrogen) atoms. The van der Waals surface area contributed by atoms with Crippen LogP contribution in [-0.4, -0.2) is 11.0 Å². The lowest BCUT2D eigenvalue weighted by molar-refractivity contribution is 0.259. The minimum Gasteiger partial charge on any atom is -0.307 e. The Balaban J connectivity index is 1.72. The molecule has 5 rings (SSSR count). The number of hydrogen-bond donors (Lipinski definition) is 1. The lowest BCUT2D eigenvalue weighted by Gasteiger charge is -2.25. The fourth-order valence-electron chi connectivity index (χ4n) is 4.03. The van der Waals surface area contributed by atoms with Gasteiger partial charge in [-0.3, -0.25) is 0 Å². The summed E-state index contributed by atoms with van der Waals surface area (Å²) in [6.45, 7) is 4.04. The molecule has 5 aromatic rings. The number of nitrogens with zero attached hydrogens (tertiary/aromatic N) is 2. The predicted molar refractivity (Wildman–Crippen MR) is 158 cm³/mol. The quantitative estimate of drug-likeness (QED) is 0.208. The summed E-state index contributed by atoms with van der Waals surface area (Å²) in [4.78, 5) is 20.6. The Bertz CT molecular complexity index is 1550. The summed E-state index contributed by atoms with van der Waals surface area (Å²) in [7, 11) is 0. The summed E-state index contributed by atoms with van der Waals surface area (Å²) in [6, 6.07) is 31.0. The lowest BCUT2D eigenvalue weighted by Crippen LogP contribution is -2.32. The van der Waals surface area contributed by atoms with Gasteiger partial charge in [-0.25, -0.2) is 14.7 Å². The number of hydrogen-bond acceptors (Lipinski definition) is 2. The van der Waals surface area contributed by atoms with Gasteiger partial charge in [0.25, 0.3) is 0 Å². The van der Waals surface area contributed by atoms with E-state index in [0.29, 0.717) is 10.8 Å². The topological polar surface area (TPSA) is 45.2 Å². The molecule has 6 heteroatoms. The molecule has 0 saturated heterocycles. The zero-order valence-electron chi connectivity index (χ0n) is 19.8. The van der Waals surface area contributed by atoms with Gasteiger partial charge < -0.3 is 5.32 Å².